The Bertz CT molecular complexity index is 1350. The molecular weight excluding hydrogens is 476 g/mol. The Balaban J connectivity index is 0.00000336. The number of pyridine rings is 1. The zero-order valence-electron chi connectivity index (χ0n) is 22.1. The molecule has 6 nitrogen and oxygen atoms in total. The van der Waals surface area contributed by atoms with Gasteiger partial charge < -0.3 is 19.3 Å². The van der Waals surface area contributed by atoms with Crippen LogP contribution in [0.3, 0.4) is 0 Å². The number of ether oxygens (including phenoxy) is 1. The molecule has 5 rings (SSSR count). The molecule has 2 aromatic carbocycles. The molecule has 0 unspecified atom stereocenters. The van der Waals surface area contributed by atoms with Crippen molar-refractivity contribution in [2.45, 2.75) is 84.1 Å². The molecule has 0 bridgehead atoms. The van der Waals surface area contributed by atoms with Crippen LogP contribution in [0.5, 0.6) is 0 Å². The Morgan fingerprint density at radius 2 is 1.79 bits per heavy atom. The third-order valence-electron chi connectivity index (χ3n) is 7.69. The average molecular weight is 517 g/mol. The van der Waals surface area contributed by atoms with Crippen molar-refractivity contribution in [1.29, 1.82) is 0 Å². The first-order valence-electron chi connectivity index (χ1n) is 13.2. The van der Waals surface area contributed by atoms with Crippen molar-refractivity contribution < 1.29 is 14.6 Å². The summed E-state index contributed by atoms with van der Waals surface area (Å²) < 4.78 is 7.98. The van der Waals surface area contributed by atoms with E-state index >= 15 is 0 Å². The van der Waals surface area contributed by atoms with Gasteiger partial charge in [0.15, 0.2) is 0 Å². The van der Waals surface area contributed by atoms with E-state index in [-0.39, 0.29) is 25.1 Å². The fourth-order valence-corrected chi connectivity index (χ4v) is 5.65. The normalized spacial score (nSPS) is 20.4. The Morgan fingerprint density at radius 3 is 2.37 bits per heavy atom. The molecule has 2 heterocycles. The lowest BCUT2D eigenvalue weighted by atomic mass is 9.80. The lowest BCUT2D eigenvalue weighted by Gasteiger charge is -2.45. The van der Waals surface area contributed by atoms with Crippen molar-refractivity contribution in [3.63, 3.8) is 0 Å². The van der Waals surface area contributed by atoms with E-state index in [1.165, 1.54) is 0 Å². The molecule has 3 aromatic rings. The summed E-state index contributed by atoms with van der Waals surface area (Å²) in [6.45, 7) is 8.07. The molecule has 38 heavy (non-hydrogen) atoms. The van der Waals surface area contributed by atoms with Gasteiger partial charge in [0.25, 0.3) is 5.56 Å². The second kappa shape index (κ2) is 10.4. The van der Waals surface area contributed by atoms with Crippen LogP contribution >= 0.6 is 0 Å². The van der Waals surface area contributed by atoms with Gasteiger partial charge in [0.2, 0.25) is 0 Å². The number of hydrogen-bond donors (Lipinski definition) is 1. The smallest absolute Gasteiger partial charge is 0.411 e. The highest BCUT2D eigenvalue weighted by molar-refractivity contribution is 5.71. The van der Waals surface area contributed by atoms with E-state index in [1.54, 1.807) is 24.8 Å². The number of nitrogens with zero attached hydrogens (tertiary/aromatic N) is 2. The maximum atomic E-state index is 13.4. The van der Waals surface area contributed by atoms with E-state index in [0.717, 1.165) is 40.7 Å². The first kappa shape index (κ1) is 27.6. The molecule has 1 aliphatic carbocycles. The number of hydrogen-bond acceptors (Lipinski definition) is 4. The van der Waals surface area contributed by atoms with E-state index in [4.69, 9.17) is 4.74 Å². The van der Waals surface area contributed by atoms with Crippen LogP contribution in [-0.2, 0) is 10.3 Å². The number of carbonyl (C=O) groups excluding carboxylic acids is 1. The zero-order chi connectivity index (χ0) is 26.4. The highest BCUT2D eigenvalue weighted by Crippen LogP contribution is 2.42. The minimum absolute atomic E-state index is 0. The topological polar surface area (TPSA) is 71.8 Å². The summed E-state index contributed by atoms with van der Waals surface area (Å²) in [5.41, 5.74) is 3.09. The number of aryl methyl sites for hydroxylation is 1. The molecule has 1 aliphatic heterocycles. The van der Waals surface area contributed by atoms with E-state index in [2.05, 4.69) is 6.07 Å². The summed E-state index contributed by atoms with van der Waals surface area (Å²) in [5.74, 6) is 0. The van der Waals surface area contributed by atoms with Crippen LogP contribution < -0.4 is 5.56 Å². The number of aromatic nitrogens is 1. The number of carbonyl (C=O) groups is 1. The van der Waals surface area contributed by atoms with Gasteiger partial charge in [-0.2, -0.15) is 0 Å². The molecule has 1 saturated carbocycles. The molecule has 2 aliphatic rings. The average Bonchev–Trinajstić information content (AvgIpc) is 3.68. The van der Waals surface area contributed by atoms with Gasteiger partial charge in [-0.15, -0.1) is 0 Å². The van der Waals surface area contributed by atoms with Crippen molar-refractivity contribution >= 4 is 6.09 Å². The molecule has 2 atom stereocenters. The standard InChI is InChI=1S/C31H36N2O4.CH4/c1-21-18-23(10-13-27(21)24-14-16-33(26-11-12-26)28(34)19-24)22(2)32-17-15-31(37-29(32)35,20-30(3,4)36)25-8-6-5-7-9-25;/h5-10,13-14,16,18-19,22,26,36H,11-12,15,17,20H2,1-4H3;1H4/t22-,31-;/m0./s1. The number of benzene rings is 2. The molecule has 1 N–H and O–H groups in total. The van der Waals surface area contributed by atoms with Gasteiger partial charge in [0.1, 0.15) is 5.60 Å². The van der Waals surface area contributed by atoms with Crippen molar-refractivity contribution in [2.75, 3.05) is 6.54 Å². The second-order valence-electron chi connectivity index (χ2n) is 11.3. The van der Waals surface area contributed by atoms with Crippen LogP contribution in [0, 0.1) is 6.92 Å². The number of amides is 1. The molecular formula is C32H40N2O4. The molecule has 1 aromatic heterocycles. The summed E-state index contributed by atoms with van der Waals surface area (Å²) in [7, 11) is 0. The summed E-state index contributed by atoms with van der Waals surface area (Å²) in [6, 6.07) is 19.8. The Morgan fingerprint density at radius 1 is 1.08 bits per heavy atom. The van der Waals surface area contributed by atoms with E-state index in [1.807, 2.05) is 73.1 Å². The third kappa shape index (κ3) is 5.56. The molecule has 0 radical (unpaired) electrons. The summed E-state index contributed by atoms with van der Waals surface area (Å²) in [5, 5.41) is 10.6. The van der Waals surface area contributed by atoms with Crippen LogP contribution in [0.2, 0.25) is 0 Å². The SMILES string of the molecule is C.Cc1cc([C@H](C)N2CC[C@](CC(C)(C)O)(c3ccccc3)OC2=O)ccc1-c1ccn(C2CC2)c(=O)c1. The van der Waals surface area contributed by atoms with E-state index in [9.17, 15) is 14.7 Å². The van der Waals surface area contributed by atoms with Gasteiger partial charge in [-0.3, -0.25) is 4.79 Å². The number of rotatable bonds is 7. The molecule has 2 fully saturated rings. The maximum Gasteiger partial charge on any atom is 0.411 e. The van der Waals surface area contributed by atoms with Gasteiger partial charge in [0.05, 0.1) is 11.6 Å². The Labute approximate surface area is 225 Å². The highest BCUT2D eigenvalue weighted by atomic mass is 16.6. The quantitative estimate of drug-likeness (QED) is 0.377. The van der Waals surface area contributed by atoms with Crippen LogP contribution in [0.4, 0.5) is 4.79 Å². The number of cyclic esters (lactones) is 1. The van der Waals surface area contributed by atoms with E-state index < -0.39 is 11.2 Å². The second-order valence-corrected chi connectivity index (χ2v) is 11.3. The van der Waals surface area contributed by atoms with Crippen molar-refractivity contribution in [3.05, 3.63) is 93.9 Å². The van der Waals surface area contributed by atoms with Crippen LogP contribution in [0.1, 0.15) is 82.7 Å². The predicted molar refractivity (Wildman–Crippen MR) is 151 cm³/mol. The minimum Gasteiger partial charge on any atom is -0.438 e. The third-order valence-corrected chi connectivity index (χ3v) is 7.69. The highest BCUT2D eigenvalue weighted by Gasteiger charge is 2.46. The largest absolute Gasteiger partial charge is 0.438 e. The van der Waals surface area contributed by atoms with Crippen LogP contribution in [0.25, 0.3) is 11.1 Å². The van der Waals surface area contributed by atoms with Gasteiger partial charge in [-0.05, 0) is 74.4 Å². The zero-order valence-corrected chi connectivity index (χ0v) is 22.1. The van der Waals surface area contributed by atoms with Gasteiger partial charge in [-0.25, -0.2) is 4.79 Å². The van der Waals surface area contributed by atoms with Gasteiger partial charge >= 0.3 is 6.09 Å². The lowest BCUT2D eigenvalue weighted by molar-refractivity contribution is -0.101. The monoisotopic (exact) mass is 516 g/mol. The predicted octanol–water partition coefficient (Wildman–Crippen LogP) is 6.75. The molecule has 0 spiro atoms. The fraction of sp³-hybridized carbons (Fsp3) is 0.438. The van der Waals surface area contributed by atoms with Crippen LogP contribution in [-0.4, -0.2) is 32.8 Å². The van der Waals surface area contributed by atoms with Crippen molar-refractivity contribution in [3.8, 4) is 11.1 Å². The number of aliphatic hydroxyl groups is 1. The first-order valence-corrected chi connectivity index (χ1v) is 13.2. The lowest BCUT2D eigenvalue weighted by Crippen LogP contribution is -2.51. The molecule has 1 saturated heterocycles. The van der Waals surface area contributed by atoms with Gasteiger partial charge in [0, 0.05) is 37.7 Å². The summed E-state index contributed by atoms with van der Waals surface area (Å²) in [6.07, 6.45) is 4.60. The molecule has 1 amide bonds. The van der Waals surface area contributed by atoms with Crippen LogP contribution in [0.15, 0.2) is 71.7 Å². The van der Waals surface area contributed by atoms with Gasteiger partial charge in [-0.1, -0.05) is 56.0 Å². The first-order chi connectivity index (χ1) is 17.6. The summed E-state index contributed by atoms with van der Waals surface area (Å²) in [4.78, 5) is 27.7. The molecule has 6 heteroatoms. The maximum absolute atomic E-state index is 13.4. The molecule has 202 valence electrons. The summed E-state index contributed by atoms with van der Waals surface area (Å²) >= 11 is 0. The minimum atomic E-state index is -0.990. The fourth-order valence-electron chi connectivity index (χ4n) is 5.65. The van der Waals surface area contributed by atoms with E-state index in [0.29, 0.717) is 25.4 Å². The van der Waals surface area contributed by atoms with Crippen molar-refractivity contribution in [2.24, 2.45) is 0 Å². The van der Waals surface area contributed by atoms with Crippen molar-refractivity contribution in [1.82, 2.24) is 9.47 Å². The Hall–Kier alpha value is -3.38. The Kier molecular flexibility index (Phi) is 7.57.